The quantitative estimate of drug-likeness (QED) is 0.517. The van der Waals surface area contributed by atoms with E-state index < -0.39 is 4.92 Å². The first-order valence-corrected chi connectivity index (χ1v) is 5.35. The summed E-state index contributed by atoms with van der Waals surface area (Å²) in [6.07, 6.45) is 0. The predicted molar refractivity (Wildman–Crippen MR) is 65.5 cm³/mol. The van der Waals surface area contributed by atoms with Crippen molar-refractivity contribution < 1.29 is 4.92 Å². The van der Waals surface area contributed by atoms with Gasteiger partial charge in [-0.1, -0.05) is 17.7 Å². The molecule has 0 saturated carbocycles. The summed E-state index contributed by atoms with van der Waals surface area (Å²) in [4.78, 5) is 14.4. The zero-order chi connectivity index (χ0) is 12.6. The van der Waals surface area contributed by atoms with E-state index in [0.717, 1.165) is 0 Å². The maximum atomic E-state index is 10.9. The molecule has 1 aromatic carbocycles. The second kappa shape index (κ2) is 4.27. The highest BCUT2D eigenvalue weighted by Gasteiger charge is 2.20. The van der Waals surface area contributed by atoms with Gasteiger partial charge in [-0.05, 0) is 18.3 Å². The minimum atomic E-state index is -0.507. The van der Waals surface area contributed by atoms with Gasteiger partial charge in [0, 0.05) is 13.1 Å². The lowest BCUT2D eigenvalue weighted by atomic mass is 10.1. The van der Waals surface area contributed by atoms with E-state index in [1.54, 1.807) is 13.1 Å². The number of nitrogens with one attached hydrogen (secondary N) is 1. The van der Waals surface area contributed by atoms with Crippen molar-refractivity contribution in [2.24, 2.45) is 7.05 Å². The Bertz CT molecular complexity index is 649. The van der Waals surface area contributed by atoms with Crippen LogP contribution in [-0.4, -0.2) is 19.7 Å². The lowest BCUT2D eigenvalue weighted by molar-refractivity contribution is -0.384. The Balaban J connectivity index is 2.73. The summed E-state index contributed by atoms with van der Waals surface area (Å²) in [5.74, 6) is 0.287. The highest BCUT2D eigenvalue weighted by atomic mass is 35.5. The molecule has 0 unspecified atom stereocenters. The number of nitrogens with zero attached hydrogens (tertiary/aromatic N) is 3. The Hall–Kier alpha value is -1.73. The molecule has 8 heteroatoms. The van der Waals surface area contributed by atoms with Crippen LogP contribution in [0.5, 0.6) is 0 Å². The van der Waals surface area contributed by atoms with Gasteiger partial charge in [-0.15, -0.1) is 0 Å². The summed E-state index contributed by atoms with van der Waals surface area (Å²) in [5, 5.41) is 14.0. The molecule has 0 aliphatic carbocycles. The summed E-state index contributed by atoms with van der Waals surface area (Å²) < 4.78 is 1.78. The average Bonchev–Trinajstić information content (AvgIpc) is 2.58. The molecule has 0 bridgehead atoms. The van der Waals surface area contributed by atoms with Crippen molar-refractivity contribution in [1.82, 2.24) is 14.8 Å². The first-order chi connectivity index (χ1) is 8.00. The fourth-order valence-corrected chi connectivity index (χ4v) is 1.81. The number of aromatic nitrogens is 3. The average molecular weight is 271 g/mol. The number of benzene rings is 1. The fourth-order valence-electron chi connectivity index (χ4n) is 1.41. The highest BCUT2D eigenvalue weighted by molar-refractivity contribution is 7.71. The zero-order valence-corrected chi connectivity index (χ0v) is 10.2. The van der Waals surface area contributed by atoms with Gasteiger partial charge in [0.25, 0.3) is 5.69 Å². The van der Waals surface area contributed by atoms with Crippen molar-refractivity contribution in [3.8, 4) is 11.4 Å². The van der Waals surface area contributed by atoms with Gasteiger partial charge in [0.1, 0.15) is 5.56 Å². The molecule has 1 N–H and O–H groups in total. The Morgan fingerprint density at radius 2 is 2.29 bits per heavy atom. The molecule has 0 radical (unpaired) electrons. The van der Waals surface area contributed by atoms with E-state index in [1.807, 2.05) is 0 Å². The summed E-state index contributed by atoms with van der Waals surface area (Å²) in [7, 11) is 1.67. The number of aryl methyl sites for hydroxylation is 1. The number of H-pyrrole nitrogens is 1. The van der Waals surface area contributed by atoms with E-state index >= 15 is 0 Å². The number of halogens is 1. The maximum Gasteiger partial charge on any atom is 0.281 e. The van der Waals surface area contributed by atoms with Crippen LogP contribution in [0, 0.1) is 14.9 Å². The minimum Gasteiger partial charge on any atom is -0.279 e. The lowest BCUT2D eigenvalue weighted by Gasteiger charge is -2.01. The van der Waals surface area contributed by atoms with Gasteiger partial charge in [-0.25, -0.2) is 0 Å². The third-order valence-corrected chi connectivity index (χ3v) is 2.87. The molecule has 0 amide bonds. The predicted octanol–water partition coefficient (Wildman–Crippen LogP) is 2.71. The van der Waals surface area contributed by atoms with Gasteiger partial charge in [-0.2, -0.15) is 4.98 Å². The Morgan fingerprint density at radius 3 is 2.82 bits per heavy atom. The van der Waals surface area contributed by atoms with Gasteiger partial charge in [0.15, 0.2) is 5.82 Å². The van der Waals surface area contributed by atoms with E-state index in [4.69, 9.17) is 23.8 Å². The van der Waals surface area contributed by atoms with Gasteiger partial charge in [0.2, 0.25) is 4.77 Å². The van der Waals surface area contributed by atoms with E-state index in [0.29, 0.717) is 4.77 Å². The molecule has 0 atom stereocenters. The number of hydrogen-bond donors (Lipinski definition) is 1. The SMILES string of the molecule is Cn1[nH]c(-c2c(Cl)cccc2[N+](=O)[O-])nc1=S. The molecule has 1 heterocycles. The van der Waals surface area contributed by atoms with Crippen LogP contribution < -0.4 is 0 Å². The van der Waals surface area contributed by atoms with Gasteiger partial charge in [0.05, 0.1) is 9.95 Å². The molecule has 0 aliphatic rings. The number of aromatic amines is 1. The molecule has 0 spiro atoms. The molecular weight excluding hydrogens is 264 g/mol. The second-order valence-corrected chi connectivity index (χ2v) is 4.08. The smallest absolute Gasteiger partial charge is 0.279 e. The molecule has 2 aromatic rings. The van der Waals surface area contributed by atoms with E-state index in [1.165, 1.54) is 16.8 Å². The Kier molecular flexibility index (Phi) is 2.95. The first kappa shape index (κ1) is 11.7. The number of hydrogen-bond acceptors (Lipinski definition) is 4. The molecule has 2 rings (SSSR count). The maximum absolute atomic E-state index is 10.9. The van der Waals surface area contributed by atoms with Crippen molar-refractivity contribution >= 4 is 29.5 Å². The standard InChI is InChI=1S/C9H7ClN4O2S/c1-13-9(17)11-8(12-13)7-5(10)3-2-4-6(7)14(15)16/h2-4H,1H3,(H,11,12,17). The van der Waals surface area contributed by atoms with Crippen molar-refractivity contribution in [3.63, 3.8) is 0 Å². The molecule has 6 nitrogen and oxygen atoms in total. The van der Waals surface area contributed by atoms with E-state index in [2.05, 4.69) is 10.1 Å². The van der Waals surface area contributed by atoms with E-state index in [9.17, 15) is 10.1 Å². The van der Waals surface area contributed by atoms with Crippen LogP contribution in [0.3, 0.4) is 0 Å². The third-order valence-electron chi connectivity index (χ3n) is 2.19. The molecule has 17 heavy (non-hydrogen) atoms. The third kappa shape index (κ3) is 2.06. The van der Waals surface area contributed by atoms with Crippen molar-refractivity contribution in [2.75, 3.05) is 0 Å². The topological polar surface area (TPSA) is 76.8 Å². The van der Waals surface area contributed by atoms with Crippen LogP contribution in [0.4, 0.5) is 5.69 Å². The summed E-state index contributed by atoms with van der Waals surface area (Å²) in [6.45, 7) is 0. The van der Waals surface area contributed by atoms with Crippen LogP contribution >= 0.6 is 23.8 Å². The number of rotatable bonds is 2. The molecule has 1 aromatic heterocycles. The van der Waals surface area contributed by atoms with Crippen LogP contribution in [0.1, 0.15) is 0 Å². The normalized spacial score (nSPS) is 10.5. The fraction of sp³-hybridized carbons (Fsp3) is 0.111. The van der Waals surface area contributed by atoms with Crippen LogP contribution in [-0.2, 0) is 7.05 Å². The molecule has 88 valence electrons. The Labute approximate surface area is 106 Å². The summed E-state index contributed by atoms with van der Waals surface area (Å²) in [5.41, 5.74) is 0.132. The van der Waals surface area contributed by atoms with Gasteiger partial charge < -0.3 is 0 Å². The highest BCUT2D eigenvalue weighted by Crippen LogP contribution is 2.33. The van der Waals surface area contributed by atoms with Gasteiger partial charge in [-0.3, -0.25) is 19.9 Å². The Morgan fingerprint density at radius 1 is 1.59 bits per heavy atom. The minimum absolute atomic E-state index is 0.109. The van der Waals surface area contributed by atoms with Gasteiger partial charge >= 0.3 is 0 Å². The molecular formula is C9H7ClN4O2S. The molecule has 0 saturated heterocycles. The van der Waals surface area contributed by atoms with Crippen molar-refractivity contribution in [1.29, 1.82) is 0 Å². The lowest BCUT2D eigenvalue weighted by Crippen LogP contribution is -1.95. The number of nitro benzene ring substituents is 1. The van der Waals surface area contributed by atoms with Crippen LogP contribution in [0.25, 0.3) is 11.4 Å². The monoisotopic (exact) mass is 270 g/mol. The summed E-state index contributed by atoms with van der Waals surface area (Å²) >= 11 is 10.9. The van der Waals surface area contributed by atoms with Crippen molar-refractivity contribution in [3.05, 3.63) is 38.1 Å². The first-order valence-electron chi connectivity index (χ1n) is 4.57. The largest absolute Gasteiger partial charge is 0.281 e. The van der Waals surface area contributed by atoms with Crippen LogP contribution in [0.15, 0.2) is 18.2 Å². The zero-order valence-electron chi connectivity index (χ0n) is 8.68. The van der Waals surface area contributed by atoms with Crippen molar-refractivity contribution in [2.45, 2.75) is 0 Å². The molecule has 0 aliphatic heterocycles. The summed E-state index contributed by atoms with van der Waals surface area (Å²) in [6, 6.07) is 4.45. The van der Waals surface area contributed by atoms with E-state index in [-0.39, 0.29) is 22.1 Å². The second-order valence-electron chi connectivity index (χ2n) is 3.30. The molecule has 0 fully saturated rings. The van der Waals surface area contributed by atoms with Crippen LogP contribution in [0.2, 0.25) is 5.02 Å². The number of nitro groups is 1.